The molecule has 1 heterocycles. The number of rotatable bonds is 5. The van der Waals surface area contributed by atoms with E-state index >= 15 is 0 Å². The molecule has 21 heavy (non-hydrogen) atoms. The summed E-state index contributed by atoms with van der Waals surface area (Å²) in [6.45, 7) is 10.8. The zero-order valence-electron chi connectivity index (χ0n) is 14.1. The molecule has 1 aliphatic rings. The van der Waals surface area contributed by atoms with Crippen LogP contribution in [-0.2, 0) is 6.42 Å². The van der Waals surface area contributed by atoms with Crippen molar-refractivity contribution >= 4 is 0 Å². The molecule has 2 nitrogen and oxygen atoms in total. The first-order valence-electron chi connectivity index (χ1n) is 8.64. The minimum Gasteiger partial charge on any atom is -0.314 e. The van der Waals surface area contributed by atoms with Crippen LogP contribution in [0.3, 0.4) is 0 Å². The molecule has 1 saturated heterocycles. The molecular formula is C19H32N2. The van der Waals surface area contributed by atoms with Gasteiger partial charge < -0.3 is 5.32 Å². The topological polar surface area (TPSA) is 15.3 Å². The first-order valence-corrected chi connectivity index (χ1v) is 8.64. The first kappa shape index (κ1) is 16.5. The van der Waals surface area contributed by atoms with Gasteiger partial charge in [-0.2, -0.15) is 0 Å². The maximum atomic E-state index is 3.67. The standard InChI is InChI=1S/C19H32N2/c1-4-18-12-16-21(15-8-14-20-18)19(2,3)13-11-17-9-6-5-7-10-17/h5-7,9-10,18,20H,4,8,11-16H2,1-3H3. The van der Waals surface area contributed by atoms with Gasteiger partial charge in [0.05, 0.1) is 0 Å². The van der Waals surface area contributed by atoms with Crippen LogP contribution in [-0.4, -0.2) is 36.1 Å². The van der Waals surface area contributed by atoms with Crippen molar-refractivity contribution in [2.24, 2.45) is 0 Å². The zero-order valence-corrected chi connectivity index (χ0v) is 14.1. The fourth-order valence-corrected chi connectivity index (χ4v) is 3.31. The number of hydrogen-bond donors (Lipinski definition) is 1. The maximum absolute atomic E-state index is 3.67. The Bertz CT molecular complexity index is 399. The van der Waals surface area contributed by atoms with Crippen molar-refractivity contribution in [2.45, 2.75) is 64.5 Å². The molecule has 1 N–H and O–H groups in total. The largest absolute Gasteiger partial charge is 0.314 e. The molecule has 0 aromatic heterocycles. The molecule has 1 aliphatic heterocycles. The predicted molar refractivity (Wildman–Crippen MR) is 91.7 cm³/mol. The second-order valence-corrected chi connectivity index (χ2v) is 6.99. The molecule has 118 valence electrons. The Morgan fingerprint density at radius 3 is 2.67 bits per heavy atom. The minimum atomic E-state index is 0.297. The van der Waals surface area contributed by atoms with Gasteiger partial charge in [-0.05, 0) is 64.6 Å². The summed E-state index contributed by atoms with van der Waals surface area (Å²) in [6, 6.07) is 11.6. The van der Waals surface area contributed by atoms with Crippen LogP contribution in [0.15, 0.2) is 30.3 Å². The van der Waals surface area contributed by atoms with Crippen LogP contribution in [0.25, 0.3) is 0 Å². The van der Waals surface area contributed by atoms with Crippen LogP contribution in [0.2, 0.25) is 0 Å². The third-order valence-corrected chi connectivity index (χ3v) is 5.00. The average Bonchev–Trinajstić information content (AvgIpc) is 2.46. The van der Waals surface area contributed by atoms with E-state index in [1.807, 2.05) is 0 Å². The molecule has 0 radical (unpaired) electrons. The zero-order chi connectivity index (χ0) is 15.1. The highest BCUT2D eigenvalue weighted by molar-refractivity contribution is 5.15. The highest BCUT2D eigenvalue weighted by Crippen LogP contribution is 2.23. The lowest BCUT2D eigenvalue weighted by atomic mass is 9.92. The second-order valence-electron chi connectivity index (χ2n) is 6.99. The van der Waals surface area contributed by atoms with E-state index in [4.69, 9.17) is 0 Å². The maximum Gasteiger partial charge on any atom is 0.0156 e. The highest BCUT2D eigenvalue weighted by Gasteiger charge is 2.27. The number of hydrogen-bond acceptors (Lipinski definition) is 2. The summed E-state index contributed by atoms with van der Waals surface area (Å²) < 4.78 is 0. The van der Waals surface area contributed by atoms with E-state index in [9.17, 15) is 0 Å². The van der Waals surface area contributed by atoms with E-state index in [1.54, 1.807) is 0 Å². The molecule has 0 amide bonds. The first-order chi connectivity index (χ1) is 10.1. The third kappa shape index (κ3) is 5.12. The fourth-order valence-electron chi connectivity index (χ4n) is 3.31. The lowest BCUT2D eigenvalue weighted by molar-refractivity contribution is 0.0958. The lowest BCUT2D eigenvalue weighted by Crippen LogP contribution is -2.49. The van der Waals surface area contributed by atoms with Gasteiger partial charge in [0.25, 0.3) is 0 Å². The van der Waals surface area contributed by atoms with Crippen molar-refractivity contribution < 1.29 is 0 Å². The van der Waals surface area contributed by atoms with Gasteiger partial charge in [0, 0.05) is 18.1 Å². The highest BCUT2D eigenvalue weighted by atomic mass is 15.2. The molecule has 2 heteroatoms. The van der Waals surface area contributed by atoms with Crippen molar-refractivity contribution in [1.82, 2.24) is 10.2 Å². The van der Waals surface area contributed by atoms with Crippen molar-refractivity contribution in [2.75, 3.05) is 19.6 Å². The minimum absolute atomic E-state index is 0.297. The van der Waals surface area contributed by atoms with Gasteiger partial charge in [-0.15, -0.1) is 0 Å². The Kier molecular flexibility index (Phi) is 6.25. The lowest BCUT2D eigenvalue weighted by Gasteiger charge is -2.41. The summed E-state index contributed by atoms with van der Waals surface area (Å²) in [5.41, 5.74) is 1.76. The molecule has 0 bridgehead atoms. The SMILES string of the molecule is CCC1CCN(C(C)(C)CCc2ccccc2)CCCN1. The quantitative estimate of drug-likeness (QED) is 0.885. The number of nitrogens with one attached hydrogen (secondary N) is 1. The van der Waals surface area contributed by atoms with E-state index < -0.39 is 0 Å². The van der Waals surface area contributed by atoms with E-state index in [2.05, 4.69) is 61.3 Å². The Balaban J connectivity index is 1.90. The van der Waals surface area contributed by atoms with E-state index in [-0.39, 0.29) is 0 Å². The molecule has 1 aromatic carbocycles. The molecule has 0 saturated carbocycles. The van der Waals surface area contributed by atoms with Crippen LogP contribution < -0.4 is 5.32 Å². The molecule has 1 atom stereocenters. The summed E-state index contributed by atoms with van der Waals surface area (Å²) in [5.74, 6) is 0. The Morgan fingerprint density at radius 2 is 1.95 bits per heavy atom. The molecule has 1 aromatic rings. The van der Waals surface area contributed by atoms with Gasteiger partial charge in [-0.3, -0.25) is 4.90 Å². The van der Waals surface area contributed by atoms with E-state index in [1.165, 1.54) is 57.3 Å². The van der Waals surface area contributed by atoms with Crippen molar-refractivity contribution in [3.63, 3.8) is 0 Å². The summed E-state index contributed by atoms with van der Waals surface area (Å²) in [7, 11) is 0. The molecule has 0 spiro atoms. The smallest absolute Gasteiger partial charge is 0.0156 e. The van der Waals surface area contributed by atoms with Gasteiger partial charge in [0.2, 0.25) is 0 Å². The number of aryl methyl sites for hydroxylation is 1. The molecular weight excluding hydrogens is 256 g/mol. The van der Waals surface area contributed by atoms with E-state index in [0.29, 0.717) is 11.6 Å². The van der Waals surface area contributed by atoms with Gasteiger partial charge in [0.15, 0.2) is 0 Å². The normalized spacial score (nSPS) is 21.8. The average molecular weight is 288 g/mol. The van der Waals surface area contributed by atoms with Crippen LogP contribution in [0.5, 0.6) is 0 Å². The van der Waals surface area contributed by atoms with Crippen LogP contribution in [0.1, 0.15) is 52.0 Å². The van der Waals surface area contributed by atoms with Crippen LogP contribution >= 0.6 is 0 Å². The molecule has 0 aliphatic carbocycles. The monoisotopic (exact) mass is 288 g/mol. The fraction of sp³-hybridized carbons (Fsp3) is 0.684. The Morgan fingerprint density at radius 1 is 1.19 bits per heavy atom. The van der Waals surface area contributed by atoms with Gasteiger partial charge in [-0.1, -0.05) is 37.3 Å². The van der Waals surface area contributed by atoms with Gasteiger partial charge >= 0.3 is 0 Å². The Labute approximate surface area is 130 Å². The van der Waals surface area contributed by atoms with Gasteiger partial charge in [0.1, 0.15) is 0 Å². The summed E-state index contributed by atoms with van der Waals surface area (Å²) in [4.78, 5) is 2.72. The predicted octanol–water partition coefficient (Wildman–Crippen LogP) is 3.86. The molecule has 2 rings (SSSR count). The summed E-state index contributed by atoms with van der Waals surface area (Å²) >= 11 is 0. The van der Waals surface area contributed by atoms with E-state index in [0.717, 1.165) is 0 Å². The third-order valence-electron chi connectivity index (χ3n) is 5.00. The van der Waals surface area contributed by atoms with Crippen molar-refractivity contribution in [3.8, 4) is 0 Å². The summed E-state index contributed by atoms with van der Waals surface area (Å²) in [6.07, 6.45) is 6.22. The number of benzene rings is 1. The van der Waals surface area contributed by atoms with Crippen molar-refractivity contribution in [3.05, 3.63) is 35.9 Å². The second kappa shape index (κ2) is 7.95. The number of nitrogens with zero attached hydrogens (tertiary/aromatic N) is 1. The molecule has 1 fully saturated rings. The Hall–Kier alpha value is -0.860. The molecule has 1 unspecified atom stereocenters. The van der Waals surface area contributed by atoms with Gasteiger partial charge in [-0.25, -0.2) is 0 Å². The van der Waals surface area contributed by atoms with Crippen LogP contribution in [0.4, 0.5) is 0 Å². The van der Waals surface area contributed by atoms with Crippen molar-refractivity contribution in [1.29, 1.82) is 0 Å². The summed E-state index contributed by atoms with van der Waals surface area (Å²) in [5, 5.41) is 3.67. The van der Waals surface area contributed by atoms with Crippen LogP contribution in [0, 0.1) is 0 Å².